The fourth-order valence-corrected chi connectivity index (χ4v) is 1.36. The normalized spacial score (nSPS) is 17.7. The molecule has 0 unspecified atom stereocenters. The fourth-order valence-electron chi connectivity index (χ4n) is 1.36. The van der Waals surface area contributed by atoms with E-state index in [0.29, 0.717) is 18.1 Å². The molecule has 0 aromatic heterocycles. The fraction of sp³-hybridized carbons (Fsp3) is 0.250. The molecule has 1 aliphatic heterocycles. The Bertz CT molecular complexity index is 411. The molecule has 1 aromatic carbocycles. The van der Waals surface area contributed by atoms with E-state index in [1.54, 1.807) is 19.1 Å². The molecule has 0 radical (unpaired) electrons. The molecule has 0 aliphatic carbocycles. The van der Waals surface area contributed by atoms with Gasteiger partial charge in [-0.1, -0.05) is 12.1 Å². The molecular weight excluding hydrogens is 208 g/mol. The van der Waals surface area contributed by atoms with Gasteiger partial charge in [-0.05, 0) is 19.1 Å². The summed E-state index contributed by atoms with van der Waals surface area (Å²) in [6.07, 6.45) is 2.22. The Morgan fingerprint density at radius 2 is 2.12 bits per heavy atom. The monoisotopic (exact) mass is 220 g/mol. The Morgan fingerprint density at radius 3 is 2.88 bits per heavy atom. The number of carbonyl (C=O) groups excluding carboxylic acids is 1. The van der Waals surface area contributed by atoms with Gasteiger partial charge in [0.05, 0.1) is 12.9 Å². The second-order valence-corrected chi connectivity index (χ2v) is 3.18. The molecule has 2 rings (SSSR count). The van der Waals surface area contributed by atoms with E-state index in [1.165, 1.54) is 12.3 Å². The Hall–Kier alpha value is -1.97. The van der Waals surface area contributed by atoms with Gasteiger partial charge in [-0.25, -0.2) is 4.79 Å². The van der Waals surface area contributed by atoms with E-state index in [9.17, 15) is 4.79 Å². The van der Waals surface area contributed by atoms with Crippen molar-refractivity contribution >= 4 is 5.97 Å². The van der Waals surface area contributed by atoms with Crippen LogP contribution in [0.5, 0.6) is 11.5 Å². The molecule has 1 atom stereocenters. The zero-order valence-electron chi connectivity index (χ0n) is 8.88. The lowest BCUT2D eigenvalue weighted by Crippen LogP contribution is -2.26. The number of para-hydroxylation sites is 2. The first-order chi connectivity index (χ1) is 7.81. The van der Waals surface area contributed by atoms with Crippen molar-refractivity contribution in [1.29, 1.82) is 0 Å². The van der Waals surface area contributed by atoms with E-state index in [1.807, 2.05) is 12.1 Å². The van der Waals surface area contributed by atoms with Gasteiger partial charge in [0, 0.05) is 6.08 Å². The molecule has 84 valence electrons. The first-order valence-electron chi connectivity index (χ1n) is 5.07. The van der Waals surface area contributed by atoms with Crippen molar-refractivity contribution in [3.63, 3.8) is 0 Å². The van der Waals surface area contributed by atoms with Gasteiger partial charge in [-0.3, -0.25) is 0 Å². The molecule has 4 heteroatoms. The minimum absolute atomic E-state index is 0.328. The molecule has 1 heterocycles. The molecule has 0 bridgehead atoms. The molecule has 0 fully saturated rings. The number of fused-ring (bicyclic) bond motifs is 1. The van der Waals surface area contributed by atoms with Gasteiger partial charge < -0.3 is 14.2 Å². The van der Waals surface area contributed by atoms with Gasteiger partial charge in [0.2, 0.25) is 6.10 Å². The van der Waals surface area contributed by atoms with E-state index in [4.69, 9.17) is 14.2 Å². The summed E-state index contributed by atoms with van der Waals surface area (Å²) in [5, 5.41) is 0. The summed E-state index contributed by atoms with van der Waals surface area (Å²) in [4.78, 5) is 11.5. The largest absolute Gasteiger partial charge is 0.471 e. The standard InChI is InChI=1S/C12H12O4/c1-2-14-12(13)11-7-8-15-9-5-3-4-6-10(9)16-11/h3-8,11H,2H2,1H3/t11-/m0/s1. The van der Waals surface area contributed by atoms with Crippen LogP contribution >= 0.6 is 0 Å². The Labute approximate surface area is 93.4 Å². The Morgan fingerprint density at radius 1 is 1.38 bits per heavy atom. The second-order valence-electron chi connectivity index (χ2n) is 3.18. The molecule has 0 saturated heterocycles. The first-order valence-corrected chi connectivity index (χ1v) is 5.07. The van der Waals surface area contributed by atoms with Gasteiger partial charge >= 0.3 is 5.97 Å². The summed E-state index contributed by atoms with van der Waals surface area (Å²) in [5.41, 5.74) is 0. The molecule has 0 spiro atoms. The summed E-state index contributed by atoms with van der Waals surface area (Å²) in [6, 6.07) is 7.16. The predicted octanol–water partition coefficient (Wildman–Crippen LogP) is 1.90. The molecule has 1 aromatic rings. The highest BCUT2D eigenvalue weighted by atomic mass is 16.6. The van der Waals surface area contributed by atoms with Gasteiger partial charge in [-0.15, -0.1) is 0 Å². The Kier molecular flexibility index (Phi) is 3.10. The van der Waals surface area contributed by atoms with Crippen molar-refractivity contribution in [2.24, 2.45) is 0 Å². The van der Waals surface area contributed by atoms with Crippen molar-refractivity contribution in [3.05, 3.63) is 36.6 Å². The second kappa shape index (κ2) is 4.70. The maximum absolute atomic E-state index is 11.5. The van der Waals surface area contributed by atoms with E-state index < -0.39 is 12.1 Å². The van der Waals surface area contributed by atoms with Crippen molar-refractivity contribution in [2.45, 2.75) is 13.0 Å². The lowest BCUT2D eigenvalue weighted by Gasteiger charge is -2.12. The minimum Gasteiger partial charge on any atom is -0.471 e. The molecule has 0 saturated carbocycles. The molecule has 0 N–H and O–H groups in total. The quantitative estimate of drug-likeness (QED) is 0.714. The van der Waals surface area contributed by atoms with E-state index >= 15 is 0 Å². The highest BCUT2D eigenvalue weighted by Crippen LogP contribution is 2.29. The zero-order valence-corrected chi connectivity index (χ0v) is 8.88. The van der Waals surface area contributed by atoms with Crippen LogP contribution in [0.15, 0.2) is 36.6 Å². The zero-order chi connectivity index (χ0) is 11.4. The van der Waals surface area contributed by atoms with Crippen LogP contribution in [-0.2, 0) is 9.53 Å². The van der Waals surface area contributed by atoms with Crippen molar-refractivity contribution in [3.8, 4) is 11.5 Å². The number of hydrogen-bond donors (Lipinski definition) is 0. The van der Waals surface area contributed by atoms with Crippen LogP contribution in [0.2, 0.25) is 0 Å². The number of esters is 1. The smallest absolute Gasteiger partial charge is 0.351 e. The van der Waals surface area contributed by atoms with Crippen LogP contribution in [-0.4, -0.2) is 18.7 Å². The third kappa shape index (κ3) is 2.16. The van der Waals surface area contributed by atoms with Crippen molar-refractivity contribution in [1.82, 2.24) is 0 Å². The van der Waals surface area contributed by atoms with Crippen LogP contribution in [0.4, 0.5) is 0 Å². The molecule has 4 nitrogen and oxygen atoms in total. The molecule has 0 amide bonds. The number of carbonyl (C=O) groups is 1. The van der Waals surface area contributed by atoms with Crippen LogP contribution in [0.25, 0.3) is 0 Å². The maximum Gasteiger partial charge on any atom is 0.351 e. The van der Waals surface area contributed by atoms with Crippen LogP contribution < -0.4 is 9.47 Å². The topological polar surface area (TPSA) is 44.8 Å². The number of rotatable bonds is 2. The average molecular weight is 220 g/mol. The molecule has 16 heavy (non-hydrogen) atoms. The van der Waals surface area contributed by atoms with Crippen LogP contribution in [0.1, 0.15) is 6.92 Å². The van der Waals surface area contributed by atoms with E-state index in [2.05, 4.69) is 0 Å². The lowest BCUT2D eigenvalue weighted by molar-refractivity contribution is -0.149. The van der Waals surface area contributed by atoms with Gasteiger partial charge in [0.25, 0.3) is 0 Å². The SMILES string of the molecule is CCOC(=O)[C@@H]1C=COc2ccccc2O1. The number of hydrogen-bond acceptors (Lipinski definition) is 4. The third-order valence-electron chi connectivity index (χ3n) is 2.07. The predicted molar refractivity (Wildman–Crippen MR) is 57.3 cm³/mol. The average Bonchev–Trinajstić information content (AvgIpc) is 2.51. The summed E-state index contributed by atoms with van der Waals surface area (Å²) < 4.78 is 15.7. The van der Waals surface area contributed by atoms with Gasteiger partial charge in [0.15, 0.2) is 11.5 Å². The summed E-state index contributed by atoms with van der Waals surface area (Å²) in [6.45, 7) is 2.08. The summed E-state index contributed by atoms with van der Waals surface area (Å²) >= 11 is 0. The van der Waals surface area contributed by atoms with Crippen LogP contribution in [0, 0.1) is 0 Å². The summed E-state index contributed by atoms with van der Waals surface area (Å²) in [5.74, 6) is 0.704. The number of benzene rings is 1. The van der Waals surface area contributed by atoms with E-state index in [-0.39, 0.29) is 0 Å². The van der Waals surface area contributed by atoms with Crippen molar-refractivity contribution in [2.75, 3.05) is 6.61 Å². The van der Waals surface area contributed by atoms with E-state index in [0.717, 1.165) is 0 Å². The highest BCUT2D eigenvalue weighted by Gasteiger charge is 2.22. The maximum atomic E-state index is 11.5. The van der Waals surface area contributed by atoms with Crippen LogP contribution in [0.3, 0.4) is 0 Å². The third-order valence-corrected chi connectivity index (χ3v) is 2.07. The minimum atomic E-state index is -0.747. The highest BCUT2D eigenvalue weighted by molar-refractivity contribution is 5.77. The molecular formula is C12H12O4. The Balaban J connectivity index is 2.18. The van der Waals surface area contributed by atoms with Crippen molar-refractivity contribution < 1.29 is 19.0 Å². The molecule has 1 aliphatic rings. The summed E-state index contributed by atoms with van der Waals surface area (Å²) in [7, 11) is 0. The van der Waals surface area contributed by atoms with Gasteiger partial charge in [-0.2, -0.15) is 0 Å². The first kappa shape index (κ1) is 10.5. The lowest BCUT2D eigenvalue weighted by atomic mass is 10.3. The number of ether oxygens (including phenoxy) is 3. The van der Waals surface area contributed by atoms with Gasteiger partial charge in [0.1, 0.15) is 0 Å².